The molecule has 0 saturated heterocycles. The predicted octanol–water partition coefficient (Wildman–Crippen LogP) is 6.55. The van der Waals surface area contributed by atoms with Crippen LogP contribution in [0.3, 0.4) is 0 Å². The molecule has 0 aliphatic carbocycles. The van der Waals surface area contributed by atoms with Crippen LogP contribution in [0.15, 0.2) is 52.8 Å². The molecule has 2 N–H and O–H groups in total. The molecule has 0 radical (unpaired) electrons. The van der Waals surface area contributed by atoms with Crippen molar-refractivity contribution in [1.82, 2.24) is 9.55 Å². The average molecular weight is 486 g/mol. The molecule has 0 unspecified atom stereocenters. The van der Waals surface area contributed by atoms with E-state index in [0.29, 0.717) is 22.2 Å². The van der Waals surface area contributed by atoms with Crippen LogP contribution in [-0.4, -0.2) is 20.6 Å². The van der Waals surface area contributed by atoms with Crippen LogP contribution in [0.4, 0.5) is 15.2 Å². The van der Waals surface area contributed by atoms with Crippen LogP contribution in [0.5, 0.6) is 0 Å². The van der Waals surface area contributed by atoms with Gasteiger partial charge in [0.25, 0.3) is 0 Å². The van der Waals surface area contributed by atoms with Crippen molar-refractivity contribution in [2.75, 3.05) is 5.32 Å². The normalized spacial score (nSPS) is 11.1. The second-order valence-corrected chi connectivity index (χ2v) is 8.89. The Labute approximate surface area is 198 Å². The number of unbranched alkanes of at least 4 members (excludes halogenated alkanes) is 2. The zero-order valence-corrected chi connectivity index (χ0v) is 19.3. The highest BCUT2D eigenvalue weighted by molar-refractivity contribution is 7.14. The first kappa shape index (κ1) is 22.9. The lowest BCUT2D eigenvalue weighted by atomic mass is 10.1. The molecular formula is C24H21ClFN3O3S. The Kier molecular flexibility index (Phi) is 6.76. The highest BCUT2D eigenvalue weighted by Gasteiger charge is 2.17. The maximum atomic E-state index is 14.9. The summed E-state index contributed by atoms with van der Waals surface area (Å²) >= 11 is 7.26. The molecule has 0 bridgehead atoms. The van der Waals surface area contributed by atoms with Gasteiger partial charge in [-0.25, -0.2) is 14.2 Å². The van der Waals surface area contributed by atoms with E-state index in [1.54, 1.807) is 16.7 Å². The van der Waals surface area contributed by atoms with Crippen molar-refractivity contribution in [3.05, 3.63) is 74.6 Å². The Morgan fingerprint density at radius 2 is 2.00 bits per heavy atom. The summed E-state index contributed by atoms with van der Waals surface area (Å²) in [5, 5.41) is 15.4. The van der Waals surface area contributed by atoms with E-state index in [1.165, 1.54) is 23.6 Å². The number of anilines is 2. The fourth-order valence-electron chi connectivity index (χ4n) is 3.58. The van der Waals surface area contributed by atoms with Gasteiger partial charge in [-0.1, -0.05) is 43.5 Å². The zero-order chi connectivity index (χ0) is 23.5. The SMILES string of the molecule is CCCCCn1cc(C(=O)O)c(=O)c2cc(F)c(Nc3nc(-c4ccc(Cl)cc4)cs3)cc21. The van der Waals surface area contributed by atoms with Gasteiger partial charge in [-0.3, -0.25) is 4.79 Å². The van der Waals surface area contributed by atoms with Crippen LogP contribution in [0.25, 0.3) is 22.2 Å². The van der Waals surface area contributed by atoms with Crippen LogP contribution >= 0.6 is 22.9 Å². The highest BCUT2D eigenvalue weighted by atomic mass is 35.5. The monoisotopic (exact) mass is 485 g/mol. The number of hydrogen-bond acceptors (Lipinski definition) is 5. The van der Waals surface area contributed by atoms with E-state index in [1.807, 2.05) is 17.5 Å². The number of halogens is 2. The largest absolute Gasteiger partial charge is 0.477 e. The Balaban J connectivity index is 1.72. The van der Waals surface area contributed by atoms with Gasteiger partial charge in [0.15, 0.2) is 5.13 Å². The second kappa shape index (κ2) is 9.72. The number of carboxylic acids is 1. The van der Waals surface area contributed by atoms with E-state index in [9.17, 15) is 19.1 Å². The van der Waals surface area contributed by atoms with Gasteiger partial charge in [0, 0.05) is 34.1 Å². The molecule has 0 saturated carbocycles. The smallest absolute Gasteiger partial charge is 0.341 e. The van der Waals surface area contributed by atoms with E-state index >= 15 is 0 Å². The molecule has 2 aromatic heterocycles. The quantitative estimate of drug-likeness (QED) is 0.276. The molecular weight excluding hydrogens is 465 g/mol. The Bertz CT molecular complexity index is 1380. The molecule has 0 aliphatic heterocycles. The van der Waals surface area contributed by atoms with Crippen LogP contribution in [-0.2, 0) is 6.54 Å². The van der Waals surface area contributed by atoms with Crippen molar-refractivity contribution in [2.24, 2.45) is 0 Å². The molecule has 2 aromatic carbocycles. The summed E-state index contributed by atoms with van der Waals surface area (Å²) in [6, 6.07) is 9.88. The maximum absolute atomic E-state index is 14.9. The summed E-state index contributed by atoms with van der Waals surface area (Å²) in [7, 11) is 0. The van der Waals surface area contributed by atoms with Gasteiger partial charge in [0.1, 0.15) is 11.4 Å². The third-order valence-corrected chi connectivity index (χ3v) is 6.30. The zero-order valence-electron chi connectivity index (χ0n) is 17.8. The molecule has 170 valence electrons. The van der Waals surface area contributed by atoms with E-state index in [4.69, 9.17) is 11.6 Å². The van der Waals surface area contributed by atoms with Crippen LogP contribution in [0, 0.1) is 5.82 Å². The number of fused-ring (bicyclic) bond motifs is 1. The van der Waals surface area contributed by atoms with Gasteiger partial charge in [-0.2, -0.15) is 0 Å². The first-order chi connectivity index (χ1) is 15.9. The Morgan fingerprint density at radius 3 is 2.70 bits per heavy atom. The summed E-state index contributed by atoms with van der Waals surface area (Å²) in [5.74, 6) is -1.99. The number of nitrogens with zero attached hydrogens (tertiary/aromatic N) is 2. The van der Waals surface area contributed by atoms with Crippen molar-refractivity contribution in [3.63, 3.8) is 0 Å². The number of aryl methyl sites for hydroxylation is 1. The van der Waals surface area contributed by atoms with E-state index in [0.717, 1.165) is 36.6 Å². The first-order valence-corrected chi connectivity index (χ1v) is 11.7. The fourth-order valence-corrected chi connectivity index (χ4v) is 4.43. The van der Waals surface area contributed by atoms with E-state index < -0.39 is 17.2 Å². The van der Waals surface area contributed by atoms with Crippen LogP contribution in [0.2, 0.25) is 5.02 Å². The first-order valence-electron chi connectivity index (χ1n) is 10.5. The van der Waals surface area contributed by atoms with Crippen molar-refractivity contribution in [2.45, 2.75) is 32.7 Å². The van der Waals surface area contributed by atoms with Gasteiger partial charge in [0.2, 0.25) is 5.43 Å². The van der Waals surface area contributed by atoms with Gasteiger partial charge in [0.05, 0.1) is 16.9 Å². The van der Waals surface area contributed by atoms with Gasteiger partial charge < -0.3 is 15.0 Å². The molecule has 2 heterocycles. The number of benzene rings is 2. The number of rotatable bonds is 8. The number of thiazole rings is 1. The Hall–Kier alpha value is -3.23. The van der Waals surface area contributed by atoms with E-state index in [2.05, 4.69) is 17.2 Å². The molecule has 4 rings (SSSR count). The molecule has 0 amide bonds. The number of pyridine rings is 1. The van der Waals surface area contributed by atoms with E-state index in [-0.39, 0.29) is 16.6 Å². The van der Waals surface area contributed by atoms with Crippen LogP contribution in [0.1, 0.15) is 36.5 Å². The van der Waals surface area contributed by atoms with Crippen LogP contribution < -0.4 is 10.7 Å². The Morgan fingerprint density at radius 1 is 1.24 bits per heavy atom. The second-order valence-electron chi connectivity index (χ2n) is 7.60. The summed E-state index contributed by atoms with van der Waals surface area (Å²) < 4.78 is 16.6. The standard InChI is InChI=1S/C24H21ClFN3O3S/c1-2-3-4-9-29-12-17(23(31)32)22(30)16-10-18(26)19(11-21(16)29)27-24-28-20(13-33-24)14-5-7-15(25)8-6-14/h5-8,10-13H,2-4,9H2,1H3,(H,27,28)(H,31,32). The highest BCUT2D eigenvalue weighted by Crippen LogP contribution is 2.30. The average Bonchev–Trinajstić information content (AvgIpc) is 3.25. The molecule has 0 aliphatic rings. The number of nitrogens with one attached hydrogen (secondary N) is 1. The molecule has 6 nitrogen and oxygen atoms in total. The lowest BCUT2D eigenvalue weighted by Crippen LogP contribution is -2.19. The predicted molar refractivity (Wildman–Crippen MR) is 130 cm³/mol. The van der Waals surface area contributed by atoms with Crippen molar-refractivity contribution < 1.29 is 14.3 Å². The minimum Gasteiger partial charge on any atom is -0.477 e. The van der Waals surface area contributed by atoms with Gasteiger partial charge >= 0.3 is 5.97 Å². The lowest BCUT2D eigenvalue weighted by Gasteiger charge is -2.14. The molecule has 4 aromatic rings. The maximum Gasteiger partial charge on any atom is 0.341 e. The van der Waals surface area contributed by atoms with Crippen molar-refractivity contribution in [1.29, 1.82) is 0 Å². The lowest BCUT2D eigenvalue weighted by molar-refractivity contribution is 0.0694. The number of carbonyl (C=O) groups is 1. The molecule has 0 spiro atoms. The van der Waals surface area contributed by atoms with Gasteiger partial charge in [-0.05, 0) is 30.7 Å². The fraction of sp³-hybridized carbons (Fsp3) is 0.208. The number of aromatic carboxylic acids is 1. The summed E-state index contributed by atoms with van der Waals surface area (Å²) in [4.78, 5) is 28.7. The number of carboxylic acid groups (broad SMARTS) is 1. The minimum atomic E-state index is -1.33. The summed E-state index contributed by atoms with van der Waals surface area (Å²) in [6.07, 6.45) is 4.09. The third kappa shape index (κ3) is 4.91. The number of aromatic nitrogens is 2. The van der Waals surface area contributed by atoms with Gasteiger partial charge in [-0.15, -0.1) is 11.3 Å². The van der Waals surface area contributed by atoms with Crippen molar-refractivity contribution in [3.8, 4) is 11.3 Å². The summed E-state index contributed by atoms with van der Waals surface area (Å²) in [5.41, 5.74) is 1.17. The molecule has 0 atom stereocenters. The number of hydrogen-bond donors (Lipinski definition) is 2. The molecule has 9 heteroatoms. The third-order valence-electron chi connectivity index (χ3n) is 5.29. The molecule has 0 fully saturated rings. The molecule has 33 heavy (non-hydrogen) atoms. The minimum absolute atomic E-state index is 0.0374. The van der Waals surface area contributed by atoms with Crippen molar-refractivity contribution >= 4 is 50.6 Å². The topological polar surface area (TPSA) is 84.2 Å². The summed E-state index contributed by atoms with van der Waals surface area (Å²) in [6.45, 7) is 2.59.